The molecule has 0 radical (unpaired) electrons. The number of hydrogen-bond donors (Lipinski definition) is 1. The number of ether oxygens (including phenoxy) is 3. The number of nitrogens with zero attached hydrogens (tertiary/aromatic N) is 1. The van der Waals surface area contributed by atoms with E-state index in [4.69, 9.17) is 14.2 Å². The average Bonchev–Trinajstić information content (AvgIpc) is 2.55. The average molecular weight is 338 g/mol. The molecule has 0 aliphatic rings. The second-order valence-electron chi connectivity index (χ2n) is 5.91. The highest BCUT2D eigenvalue weighted by molar-refractivity contribution is 5.90. The number of amides is 2. The lowest BCUT2D eigenvalue weighted by Crippen LogP contribution is -2.43. The molecule has 0 heterocycles. The molecule has 0 spiro atoms. The van der Waals surface area contributed by atoms with Crippen LogP contribution in [0.25, 0.3) is 0 Å². The van der Waals surface area contributed by atoms with Gasteiger partial charge in [0.15, 0.2) is 11.5 Å². The third kappa shape index (κ3) is 5.60. The molecule has 1 N–H and O–H groups in total. The number of nitrogens with one attached hydrogen (secondary N) is 1. The molecular formula is C18H30N2O4. The maximum Gasteiger partial charge on any atom is 0.322 e. The first kappa shape index (κ1) is 20.1. The van der Waals surface area contributed by atoms with Gasteiger partial charge in [-0.25, -0.2) is 4.79 Å². The Morgan fingerprint density at radius 1 is 1.17 bits per heavy atom. The number of hydrogen-bond acceptors (Lipinski definition) is 4. The van der Waals surface area contributed by atoms with Crippen molar-refractivity contribution in [2.24, 2.45) is 5.92 Å². The zero-order chi connectivity index (χ0) is 18.1. The monoisotopic (exact) mass is 338 g/mol. The molecule has 136 valence electrons. The molecule has 0 aromatic heterocycles. The topological polar surface area (TPSA) is 60.0 Å². The second kappa shape index (κ2) is 10.0. The fourth-order valence-electron chi connectivity index (χ4n) is 2.27. The molecule has 0 saturated carbocycles. The number of benzene rings is 1. The van der Waals surface area contributed by atoms with Gasteiger partial charge in [0.1, 0.15) is 6.61 Å². The Bertz CT molecular complexity index is 520. The number of carbonyl (C=O) groups is 1. The van der Waals surface area contributed by atoms with Gasteiger partial charge >= 0.3 is 6.03 Å². The lowest BCUT2D eigenvalue weighted by Gasteiger charge is -2.31. The highest BCUT2D eigenvalue weighted by atomic mass is 16.5. The van der Waals surface area contributed by atoms with Crippen LogP contribution in [0.2, 0.25) is 0 Å². The van der Waals surface area contributed by atoms with Gasteiger partial charge in [0.25, 0.3) is 0 Å². The molecule has 1 aromatic rings. The van der Waals surface area contributed by atoms with E-state index in [1.165, 1.54) is 0 Å². The Kier molecular flexibility index (Phi) is 8.40. The number of anilines is 1. The molecule has 1 atom stereocenters. The normalized spacial score (nSPS) is 12.0. The molecule has 2 amide bonds. The fraction of sp³-hybridized carbons (Fsp3) is 0.611. The van der Waals surface area contributed by atoms with Gasteiger partial charge in [0.2, 0.25) is 0 Å². The first-order valence-electron chi connectivity index (χ1n) is 8.31. The lowest BCUT2D eigenvalue weighted by atomic mass is 10.1. The predicted molar refractivity (Wildman–Crippen MR) is 96.1 cm³/mol. The van der Waals surface area contributed by atoms with Crippen molar-refractivity contribution in [2.45, 2.75) is 33.7 Å². The molecule has 0 unspecified atom stereocenters. The van der Waals surface area contributed by atoms with Gasteiger partial charge < -0.3 is 24.4 Å². The van der Waals surface area contributed by atoms with Crippen molar-refractivity contribution in [1.82, 2.24) is 4.90 Å². The number of urea groups is 1. The van der Waals surface area contributed by atoms with Crippen molar-refractivity contribution in [1.29, 1.82) is 0 Å². The van der Waals surface area contributed by atoms with Gasteiger partial charge in [-0.05, 0) is 31.9 Å². The molecular weight excluding hydrogens is 308 g/mol. The summed E-state index contributed by atoms with van der Waals surface area (Å²) in [5.41, 5.74) is 0.669. The van der Waals surface area contributed by atoms with Crippen molar-refractivity contribution < 1.29 is 19.0 Å². The highest BCUT2D eigenvalue weighted by Crippen LogP contribution is 2.30. The summed E-state index contributed by atoms with van der Waals surface area (Å²) in [5.74, 6) is 1.58. The third-order valence-corrected chi connectivity index (χ3v) is 4.02. The molecule has 24 heavy (non-hydrogen) atoms. The van der Waals surface area contributed by atoms with E-state index in [0.29, 0.717) is 42.9 Å². The smallest absolute Gasteiger partial charge is 0.322 e. The van der Waals surface area contributed by atoms with Crippen molar-refractivity contribution in [2.75, 3.05) is 39.3 Å². The van der Waals surface area contributed by atoms with E-state index in [1.807, 2.05) is 11.8 Å². The second-order valence-corrected chi connectivity index (χ2v) is 5.91. The molecule has 0 saturated heterocycles. The molecule has 1 aromatic carbocycles. The summed E-state index contributed by atoms with van der Waals surface area (Å²) < 4.78 is 15.9. The zero-order valence-corrected chi connectivity index (χ0v) is 15.6. The quantitative estimate of drug-likeness (QED) is 0.699. The van der Waals surface area contributed by atoms with E-state index < -0.39 is 0 Å². The first-order valence-corrected chi connectivity index (χ1v) is 8.31. The van der Waals surface area contributed by atoms with Crippen LogP contribution in [0, 0.1) is 5.92 Å². The van der Waals surface area contributed by atoms with Crippen LogP contribution in [0.1, 0.15) is 27.7 Å². The van der Waals surface area contributed by atoms with Crippen molar-refractivity contribution in [3.05, 3.63) is 18.2 Å². The van der Waals surface area contributed by atoms with Gasteiger partial charge in [-0.3, -0.25) is 0 Å². The van der Waals surface area contributed by atoms with E-state index in [9.17, 15) is 4.79 Å². The van der Waals surface area contributed by atoms with E-state index in [0.717, 1.165) is 0 Å². The van der Waals surface area contributed by atoms with Gasteiger partial charge in [0, 0.05) is 31.5 Å². The maximum absolute atomic E-state index is 12.5. The molecule has 0 fully saturated rings. The zero-order valence-electron chi connectivity index (χ0n) is 15.6. The fourth-order valence-corrected chi connectivity index (χ4v) is 2.27. The van der Waals surface area contributed by atoms with Crippen LogP contribution in [-0.4, -0.2) is 51.0 Å². The summed E-state index contributed by atoms with van der Waals surface area (Å²) in [5, 5.41) is 2.93. The summed E-state index contributed by atoms with van der Waals surface area (Å²) in [6, 6.07) is 5.38. The highest BCUT2D eigenvalue weighted by Gasteiger charge is 2.21. The van der Waals surface area contributed by atoms with E-state index in [-0.39, 0.29) is 12.1 Å². The summed E-state index contributed by atoms with van der Waals surface area (Å²) in [6.07, 6.45) is 0. The summed E-state index contributed by atoms with van der Waals surface area (Å²) in [4.78, 5) is 14.4. The Balaban J connectivity index is 2.85. The maximum atomic E-state index is 12.5. The number of carbonyl (C=O) groups excluding carboxylic acids is 1. The van der Waals surface area contributed by atoms with Gasteiger partial charge in [-0.2, -0.15) is 0 Å². The number of rotatable bonds is 9. The Morgan fingerprint density at radius 3 is 2.42 bits per heavy atom. The van der Waals surface area contributed by atoms with Gasteiger partial charge in [0.05, 0.1) is 13.7 Å². The summed E-state index contributed by atoms with van der Waals surface area (Å²) in [7, 11) is 3.20. The summed E-state index contributed by atoms with van der Waals surface area (Å²) >= 11 is 0. The van der Waals surface area contributed by atoms with Crippen molar-refractivity contribution in [3.63, 3.8) is 0 Å². The van der Waals surface area contributed by atoms with E-state index in [1.54, 1.807) is 32.4 Å². The van der Waals surface area contributed by atoms with Crippen molar-refractivity contribution in [3.8, 4) is 11.5 Å². The SMILES string of the molecule is CCN(C(=O)Nc1ccc(OC)c(OCCOC)c1)[C@H](C)C(C)C. The lowest BCUT2D eigenvalue weighted by molar-refractivity contribution is 0.144. The van der Waals surface area contributed by atoms with Crippen LogP contribution >= 0.6 is 0 Å². The predicted octanol–water partition coefficient (Wildman–Crippen LogP) is 3.62. The molecule has 1 rings (SSSR count). The molecule has 0 aliphatic carbocycles. The largest absolute Gasteiger partial charge is 0.493 e. The first-order chi connectivity index (χ1) is 11.4. The standard InChI is InChI=1S/C18H30N2O4/c1-7-20(14(4)13(2)3)18(21)19-15-8-9-16(23-6)17(12-15)24-11-10-22-5/h8-9,12-14H,7,10-11H2,1-6H3,(H,19,21)/t14-/m1/s1. The van der Waals surface area contributed by atoms with Crippen LogP contribution < -0.4 is 14.8 Å². The Hall–Kier alpha value is -1.95. The Morgan fingerprint density at radius 2 is 1.88 bits per heavy atom. The minimum absolute atomic E-state index is 0.119. The number of methoxy groups -OCH3 is 2. The van der Waals surface area contributed by atoms with Crippen LogP contribution in [-0.2, 0) is 4.74 Å². The van der Waals surface area contributed by atoms with Crippen LogP contribution in [0.4, 0.5) is 10.5 Å². The molecule has 0 aliphatic heterocycles. The summed E-state index contributed by atoms with van der Waals surface area (Å²) in [6.45, 7) is 9.79. The van der Waals surface area contributed by atoms with Crippen LogP contribution in [0.15, 0.2) is 18.2 Å². The van der Waals surface area contributed by atoms with E-state index >= 15 is 0 Å². The van der Waals surface area contributed by atoms with E-state index in [2.05, 4.69) is 26.1 Å². The van der Waals surface area contributed by atoms with Gasteiger partial charge in [-0.1, -0.05) is 13.8 Å². The van der Waals surface area contributed by atoms with Gasteiger partial charge in [-0.15, -0.1) is 0 Å². The van der Waals surface area contributed by atoms with Crippen molar-refractivity contribution >= 4 is 11.7 Å². The minimum Gasteiger partial charge on any atom is -0.493 e. The minimum atomic E-state index is -0.119. The molecule has 0 bridgehead atoms. The third-order valence-electron chi connectivity index (χ3n) is 4.02. The molecule has 6 nitrogen and oxygen atoms in total. The Labute approximate surface area is 145 Å². The molecule has 6 heteroatoms. The van der Waals surface area contributed by atoms with Crippen LogP contribution in [0.5, 0.6) is 11.5 Å². The van der Waals surface area contributed by atoms with Crippen LogP contribution in [0.3, 0.4) is 0 Å².